The predicted octanol–water partition coefficient (Wildman–Crippen LogP) is 1.58. The number of rotatable bonds is 3. The Morgan fingerprint density at radius 1 is 1.39 bits per heavy atom. The lowest BCUT2D eigenvalue weighted by Crippen LogP contribution is -2.13. The molecule has 0 aliphatic carbocycles. The fourth-order valence-electron chi connectivity index (χ4n) is 1.56. The molecule has 6 heteroatoms. The van der Waals surface area contributed by atoms with Gasteiger partial charge in [0.2, 0.25) is 0 Å². The van der Waals surface area contributed by atoms with Crippen molar-refractivity contribution in [2.24, 2.45) is 11.5 Å². The number of hydrogen-bond acceptors (Lipinski definition) is 4. The fraction of sp³-hybridized carbons (Fsp3) is 0.167. The van der Waals surface area contributed by atoms with Crippen molar-refractivity contribution < 1.29 is 8.78 Å². The van der Waals surface area contributed by atoms with Gasteiger partial charge in [-0.15, -0.1) is 0 Å². The smallest absolute Gasteiger partial charge is 0.135 e. The lowest BCUT2D eigenvalue weighted by atomic mass is 9.99. The minimum Gasteiger partial charge on any atom is -0.399 e. The lowest BCUT2D eigenvalue weighted by molar-refractivity contribution is 0.622. The normalized spacial score (nSPS) is 13.4. The molecule has 0 aliphatic rings. The Morgan fingerprint density at radius 3 is 2.39 bits per heavy atom. The summed E-state index contributed by atoms with van der Waals surface area (Å²) < 4.78 is 27.7. The average molecular weight is 254 g/mol. The second-order valence-electron chi connectivity index (χ2n) is 4.01. The molecule has 0 heterocycles. The molecule has 98 valence electrons. The first-order valence-corrected chi connectivity index (χ1v) is 5.21. The summed E-state index contributed by atoms with van der Waals surface area (Å²) in [5.41, 5.74) is 21.3. The average Bonchev–Trinajstić information content (AvgIpc) is 2.20. The van der Waals surface area contributed by atoms with Crippen molar-refractivity contribution in [2.75, 3.05) is 11.5 Å². The maximum atomic E-state index is 14.0. The molecule has 1 atom stereocenters. The molecule has 0 saturated carbocycles. The summed E-state index contributed by atoms with van der Waals surface area (Å²) >= 11 is 0. The van der Waals surface area contributed by atoms with Crippen molar-refractivity contribution in [1.29, 1.82) is 0 Å². The van der Waals surface area contributed by atoms with Crippen LogP contribution in [0, 0.1) is 5.82 Å². The van der Waals surface area contributed by atoms with Crippen molar-refractivity contribution in [3.05, 3.63) is 35.7 Å². The molecule has 0 aliphatic heterocycles. The monoisotopic (exact) mass is 254 g/mol. The van der Waals surface area contributed by atoms with Crippen molar-refractivity contribution >= 4 is 22.9 Å². The molecule has 1 aromatic rings. The van der Waals surface area contributed by atoms with E-state index >= 15 is 0 Å². The first-order valence-electron chi connectivity index (χ1n) is 5.21. The molecule has 8 N–H and O–H groups in total. The fourth-order valence-corrected chi connectivity index (χ4v) is 1.56. The summed E-state index contributed by atoms with van der Waals surface area (Å²) in [5, 5.41) is 0. The van der Waals surface area contributed by atoms with Gasteiger partial charge in [0.25, 0.3) is 0 Å². The Morgan fingerprint density at radius 2 is 1.94 bits per heavy atom. The van der Waals surface area contributed by atoms with Gasteiger partial charge < -0.3 is 22.9 Å². The highest BCUT2D eigenvalue weighted by atomic mass is 19.1. The summed E-state index contributed by atoms with van der Waals surface area (Å²) in [7, 11) is 0. The third-order valence-corrected chi connectivity index (χ3v) is 2.32. The number of benzene rings is 1. The van der Waals surface area contributed by atoms with Gasteiger partial charge in [-0.25, -0.2) is 8.78 Å². The molecule has 0 spiro atoms. The van der Waals surface area contributed by atoms with E-state index in [9.17, 15) is 8.78 Å². The van der Waals surface area contributed by atoms with E-state index in [1.807, 2.05) is 0 Å². The van der Waals surface area contributed by atoms with Crippen LogP contribution in [0.4, 0.5) is 20.2 Å². The topological polar surface area (TPSA) is 104 Å². The van der Waals surface area contributed by atoms with Gasteiger partial charge in [0, 0.05) is 22.9 Å². The van der Waals surface area contributed by atoms with Crippen LogP contribution in [0.25, 0.3) is 11.5 Å². The van der Waals surface area contributed by atoms with Crippen LogP contribution in [0.1, 0.15) is 18.1 Å². The van der Waals surface area contributed by atoms with Gasteiger partial charge in [-0.1, -0.05) is 6.58 Å². The minimum atomic E-state index is -0.782. The Hall–Kier alpha value is -2.08. The van der Waals surface area contributed by atoms with Gasteiger partial charge in [0.15, 0.2) is 0 Å². The molecule has 0 amide bonds. The van der Waals surface area contributed by atoms with E-state index in [0.717, 1.165) is 12.1 Å². The largest absolute Gasteiger partial charge is 0.399 e. The van der Waals surface area contributed by atoms with Gasteiger partial charge >= 0.3 is 0 Å². The SMILES string of the molecule is C=C(N)c1c(F)cc(N)c(N)c1/C(F)=C\C(C)N. The number of nitrogen functional groups attached to an aromatic ring is 2. The quantitative estimate of drug-likeness (QED) is 0.614. The zero-order valence-corrected chi connectivity index (χ0v) is 10.0. The Labute approximate surface area is 104 Å². The molecule has 0 saturated heterocycles. The maximum absolute atomic E-state index is 14.0. The molecule has 1 unspecified atom stereocenters. The molecule has 4 nitrogen and oxygen atoms in total. The van der Waals surface area contributed by atoms with E-state index in [-0.39, 0.29) is 28.2 Å². The lowest BCUT2D eigenvalue weighted by Gasteiger charge is -2.14. The molecule has 0 bridgehead atoms. The van der Waals surface area contributed by atoms with Crippen LogP contribution in [0.3, 0.4) is 0 Å². The maximum Gasteiger partial charge on any atom is 0.135 e. The summed E-state index contributed by atoms with van der Waals surface area (Å²) in [6.07, 6.45) is 1.09. The standard InChI is InChI=1S/C12H16F2N4/c1-5(15)3-7(13)11-10(6(2)16)8(14)4-9(17)12(11)18/h3-5H,2,15-18H2,1H3/b7-3+. The Bertz CT molecular complexity index is 521. The van der Waals surface area contributed by atoms with Crippen LogP contribution in [-0.4, -0.2) is 6.04 Å². The number of anilines is 2. The van der Waals surface area contributed by atoms with Gasteiger partial charge in [-0.3, -0.25) is 0 Å². The number of halogens is 2. The second-order valence-corrected chi connectivity index (χ2v) is 4.01. The van der Waals surface area contributed by atoms with Crippen molar-refractivity contribution in [2.45, 2.75) is 13.0 Å². The number of nitrogens with two attached hydrogens (primary N) is 4. The van der Waals surface area contributed by atoms with Crippen LogP contribution in [0.15, 0.2) is 18.7 Å². The highest BCUT2D eigenvalue weighted by molar-refractivity contribution is 5.87. The predicted molar refractivity (Wildman–Crippen MR) is 71.2 cm³/mol. The second kappa shape index (κ2) is 5.05. The van der Waals surface area contributed by atoms with E-state index < -0.39 is 17.7 Å². The van der Waals surface area contributed by atoms with Gasteiger partial charge in [0.1, 0.15) is 11.6 Å². The van der Waals surface area contributed by atoms with E-state index in [2.05, 4.69) is 6.58 Å². The molecule has 0 radical (unpaired) electrons. The first kappa shape index (κ1) is 14.0. The molecule has 1 aromatic carbocycles. The zero-order chi connectivity index (χ0) is 14.0. The molecule has 0 fully saturated rings. The number of hydrogen-bond donors (Lipinski definition) is 4. The van der Waals surface area contributed by atoms with Crippen molar-refractivity contribution in [3.8, 4) is 0 Å². The van der Waals surface area contributed by atoms with E-state index in [1.165, 1.54) is 0 Å². The third-order valence-electron chi connectivity index (χ3n) is 2.32. The minimum absolute atomic E-state index is 0.0688. The highest BCUT2D eigenvalue weighted by Gasteiger charge is 2.20. The van der Waals surface area contributed by atoms with Crippen molar-refractivity contribution in [3.63, 3.8) is 0 Å². The van der Waals surface area contributed by atoms with Crippen LogP contribution >= 0.6 is 0 Å². The van der Waals surface area contributed by atoms with E-state index in [1.54, 1.807) is 6.92 Å². The van der Waals surface area contributed by atoms with E-state index in [0.29, 0.717) is 0 Å². The van der Waals surface area contributed by atoms with Gasteiger partial charge in [-0.05, 0) is 19.1 Å². The molecular formula is C12H16F2N4. The summed E-state index contributed by atoms with van der Waals surface area (Å²) in [6.45, 7) is 4.96. The Kier molecular flexibility index (Phi) is 3.93. The van der Waals surface area contributed by atoms with Crippen LogP contribution < -0.4 is 22.9 Å². The van der Waals surface area contributed by atoms with Crippen LogP contribution in [0.5, 0.6) is 0 Å². The molecule has 0 aromatic heterocycles. The Balaban J connectivity index is 3.63. The summed E-state index contributed by atoms with van der Waals surface area (Å²) in [6, 6.07) is 0.415. The zero-order valence-electron chi connectivity index (χ0n) is 10.0. The van der Waals surface area contributed by atoms with Gasteiger partial charge in [0.05, 0.1) is 11.4 Å². The van der Waals surface area contributed by atoms with Crippen LogP contribution in [0.2, 0.25) is 0 Å². The first-order chi connectivity index (χ1) is 8.25. The van der Waals surface area contributed by atoms with Crippen LogP contribution in [-0.2, 0) is 0 Å². The summed E-state index contributed by atoms with van der Waals surface area (Å²) in [5.74, 6) is -1.56. The highest BCUT2D eigenvalue weighted by Crippen LogP contribution is 2.35. The third kappa shape index (κ3) is 2.60. The van der Waals surface area contributed by atoms with Gasteiger partial charge in [-0.2, -0.15) is 0 Å². The molecule has 18 heavy (non-hydrogen) atoms. The van der Waals surface area contributed by atoms with E-state index in [4.69, 9.17) is 22.9 Å². The molecular weight excluding hydrogens is 238 g/mol. The summed E-state index contributed by atoms with van der Waals surface area (Å²) in [4.78, 5) is 0. The van der Waals surface area contributed by atoms with Crippen molar-refractivity contribution in [1.82, 2.24) is 0 Å². The molecule has 1 rings (SSSR count).